The first-order valence-corrected chi connectivity index (χ1v) is 9.00. The van der Waals surface area contributed by atoms with Crippen molar-refractivity contribution in [2.75, 3.05) is 30.4 Å². The van der Waals surface area contributed by atoms with Crippen molar-refractivity contribution in [3.05, 3.63) is 24.3 Å². The molecule has 5 heteroatoms. The zero-order chi connectivity index (χ0) is 17.5. The highest BCUT2D eigenvalue weighted by molar-refractivity contribution is 6.39. The van der Waals surface area contributed by atoms with Gasteiger partial charge in [0, 0.05) is 37.6 Å². The molecule has 0 heterocycles. The van der Waals surface area contributed by atoms with E-state index in [0.29, 0.717) is 5.69 Å². The van der Waals surface area contributed by atoms with Crippen molar-refractivity contribution in [3.8, 4) is 0 Å². The summed E-state index contributed by atoms with van der Waals surface area (Å²) in [5, 5.41) is 2.72. The van der Waals surface area contributed by atoms with Crippen LogP contribution in [0.4, 0.5) is 11.4 Å². The van der Waals surface area contributed by atoms with Gasteiger partial charge in [-0.3, -0.25) is 9.59 Å². The lowest BCUT2D eigenvalue weighted by Gasteiger charge is -2.30. The van der Waals surface area contributed by atoms with E-state index in [9.17, 15) is 9.59 Å². The first-order chi connectivity index (χ1) is 11.6. The molecule has 5 nitrogen and oxygen atoms in total. The van der Waals surface area contributed by atoms with Gasteiger partial charge in [0.15, 0.2) is 0 Å². The Labute approximate surface area is 145 Å². The molecule has 0 aliphatic heterocycles. The highest BCUT2D eigenvalue weighted by atomic mass is 16.2. The fourth-order valence-corrected chi connectivity index (χ4v) is 3.32. The van der Waals surface area contributed by atoms with Crippen molar-refractivity contribution in [1.29, 1.82) is 0 Å². The highest BCUT2D eigenvalue weighted by Crippen LogP contribution is 2.22. The van der Waals surface area contributed by atoms with Gasteiger partial charge in [-0.2, -0.15) is 0 Å². The molecule has 24 heavy (non-hydrogen) atoms. The predicted molar refractivity (Wildman–Crippen MR) is 98.3 cm³/mol. The van der Waals surface area contributed by atoms with E-state index in [2.05, 4.69) is 24.1 Å². The quantitative estimate of drug-likeness (QED) is 0.843. The van der Waals surface area contributed by atoms with E-state index in [1.807, 2.05) is 24.3 Å². The monoisotopic (exact) mass is 331 g/mol. The molecule has 1 aliphatic rings. The Balaban J connectivity index is 1.94. The maximum atomic E-state index is 12.3. The number of nitrogens with zero attached hydrogens (tertiary/aromatic N) is 2. The molecule has 1 aromatic carbocycles. The van der Waals surface area contributed by atoms with Crippen molar-refractivity contribution in [3.63, 3.8) is 0 Å². The Hall–Kier alpha value is -2.04. The summed E-state index contributed by atoms with van der Waals surface area (Å²) in [4.78, 5) is 28.4. The second kappa shape index (κ2) is 8.71. The van der Waals surface area contributed by atoms with E-state index >= 15 is 0 Å². The van der Waals surface area contributed by atoms with Crippen molar-refractivity contribution in [2.45, 2.75) is 52.0 Å². The number of carbonyl (C=O) groups excluding carboxylic acids is 2. The largest absolute Gasteiger partial charge is 0.372 e. The number of amides is 2. The summed E-state index contributed by atoms with van der Waals surface area (Å²) >= 11 is 0. The third-order valence-corrected chi connectivity index (χ3v) is 4.89. The molecular weight excluding hydrogens is 302 g/mol. The molecule has 0 saturated heterocycles. The lowest BCUT2D eigenvalue weighted by atomic mass is 9.94. The standard InChI is InChI=1S/C19H29N3O2/c1-4-22(5-2)17-13-11-15(12-14-17)20-18(23)19(24)21(3)16-9-7-6-8-10-16/h11-14,16H,4-10H2,1-3H3,(H,20,23). The molecule has 132 valence electrons. The van der Waals surface area contributed by atoms with Crippen molar-refractivity contribution in [2.24, 2.45) is 0 Å². The molecule has 2 rings (SSSR count). The van der Waals surface area contributed by atoms with Crippen LogP contribution in [0.15, 0.2) is 24.3 Å². The second-order valence-corrected chi connectivity index (χ2v) is 6.38. The molecule has 1 aliphatic carbocycles. The third-order valence-electron chi connectivity index (χ3n) is 4.89. The summed E-state index contributed by atoms with van der Waals surface area (Å²) in [6.07, 6.45) is 5.49. The summed E-state index contributed by atoms with van der Waals surface area (Å²) in [6, 6.07) is 7.83. The lowest BCUT2D eigenvalue weighted by molar-refractivity contribution is -0.144. The number of anilines is 2. The molecule has 1 fully saturated rings. The van der Waals surface area contributed by atoms with Crippen LogP contribution >= 0.6 is 0 Å². The minimum atomic E-state index is -0.557. The van der Waals surface area contributed by atoms with E-state index in [4.69, 9.17) is 0 Å². The molecule has 0 bridgehead atoms. The Kier molecular flexibility index (Phi) is 6.64. The number of hydrogen-bond donors (Lipinski definition) is 1. The number of nitrogens with one attached hydrogen (secondary N) is 1. The summed E-state index contributed by atoms with van der Waals surface area (Å²) in [6.45, 7) is 6.09. The van der Waals surface area contributed by atoms with Gasteiger partial charge in [-0.15, -0.1) is 0 Å². The summed E-state index contributed by atoms with van der Waals surface area (Å²) < 4.78 is 0. The Morgan fingerprint density at radius 3 is 2.17 bits per heavy atom. The first-order valence-electron chi connectivity index (χ1n) is 9.00. The van der Waals surface area contributed by atoms with Gasteiger partial charge in [0.1, 0.15) is 0 Å². The van der Waals surface area contributed by atoms with Gasteiger partial charge in [0.05, 0.1) is 0 Å². The van der Waals surface area contributed by atoms with Gasteiger partial charge < -0.3 is 15.1 Å². The van der Waals surface area contributed by atoms with Crippen LogP contribution < -0.4 is 10.2 Å². The van der Waals surface area contributed by atoms with E-state index in [1.165, 1.54) is 6.42 Å². The SMILES string of the molecule is CCN(CC)c1ccc(NC(=O)C(=O)N(C)C2CCCCC2)cc1. The van der Waals surface area contributed by atoms with E-state index < -0.39 is 11.8 Å². The van der Waals surface area contributed by atoms with Crippen molar-refractivity contribution in [1.82, 2.24) is 4.90 Å². The Bertz CT molecular complexity index is 546. The van der Waals surface area contributed by atoms with Crippen LogP contribution in [0.5, 0.6) is 0 Å². The minimum Gasteiger partial charge on any atom is -0.372 e. The Morgan fingerprint density at radius 1 is 1.04 bits per heavy atom. The lowest BCUT2D eigenvalue weighted by Crippen LogP contribution is -2.44. The number of likely N-dealkylation sites (N-methyl/N-ethyl adjacent to an activating group) is 1. The maximum absolute atomic E-state index is 12.3. The van der Waals surface area contributed by atoms with Crippen LogP contribution in [-0.2, 0) is 9.59 Å². The van der Waals surface area contributed by atoms with E-state index in [0.717, 1.165) is 44.5 Å². The summed E-state index contributed by atoms with van der Waals surface area (Å²) in [5.74, 6) is -1.01. The number of carbonyl (C=O) groups is 2. The van der Waals surface area contributed by atoms with Crippen LogP contribution in [-0.4, -0.2) is 42.9 Å². The van der Waals surface area contributed by atoms with Crippen LogP contribution in [0.3, 0.4) is 0 Å². The average molecular weight is 331 g/mol. The molecule has 0 unspecified atom stereocenters. The van der Waals surface area contributed by atoms with Crippen LogP contribution in [0.1, 0.15) is 46.0 Å². The molecule has 0 atom stereocenters. The second-order valence-electron chi connectivity index (χ2n) is 6.38. The molecule has 2 amide bonds. The molecular formula is C19H29N3O2. The van der Waals surface area contributed by atoms with E-state index in [-0.39, 0.29) is 6.04 Å². The normalized spacial score (nSPS) is 15.0. The van der Waals surface area contributed by atoms with Gasteiger partial charge in [-0.1, -0.05) is 19.3 Å². The van der Waals surface area contributed by atoms with Crippen LogP contribution in [0.25, 0.3) is 0 Å². The topological polar surface area (TPSA) is 52.7 Å². The molecule has 0 radical (unpaired) electrons. The number of benzene rings is 1. The number of rotatable bonds is 5. The molecule has 0 aromatic heterocycles. The zero-order valence-corrected chi connectivity index (χ0v) is 15.0. The highest BCUT2D eigenvalue weighted by Gasteiger charge is 2.26. The fraction of sp³-hybridized carbons (Fsp3) is 0.579. The van der Waals surface area contributed by atoms with Gasteiger partial charge in [0.2, 0.25) is 0 Å². The first kappa shape index (κ1) is 18.3. The van der Waals surface area contributed by atoms with Crippen LogP contribution in [0, 0.1) is 0 Å². The van der Waals surface area contributed by atoms with Gasteiger partial charge in [-0.05, 0) is 51.0 Å². The minimum absolute atomic E-state index is 0.196. The van der Waals surface area contributed by atoms with Gasteiger partial charge in [0.25, 0.3) is 0 Å². The van der Waals surface area contributed by atoms with Gasteiger partial charge >= 0.3 is 11.8 Å². The fourth-order valence-electron chi connectivity index (χ4n) is 3.32. The predicted octanol–water partition coefficient (Wildman–Crippen LogP) is 3.26. The van der Waals surface area contributed by atoms with Crippen molar-refractivity contribution >= 4 is 23.2 Å². The van der Waals surface area contributed by atoms with Crippen molar-refractivity contribution < 1.29 is 9.59 Å². The average Bonchev–Trinajstić information content (AvgIpc) is 2.63. The molecule has 1 aromatic rings. The van der Waals surface area contributed by atoms with Gasteiger partial charge in [-0.25, -0.2) is 0 Å². The number of hydrogen-bond acceptors (Lipinski definition) is 3. The maximum Gasteiger partial charge on any atom is 0.313 e. The third kappa shape index (κ3) is 4.49. The molecule has 0 spiro atoms. The Morgan fingerprint density at radius 2 is 1.62 bits per heavy atom. The smallest absolute Gasteiger partial charge is 0.313 e. The molecule has 1 saturated carbocycles. The molecule has 1 N–H and O–H groups in total. The van der Waals surface area contributed by atoms with Crippen LogP contribution in [0.2, 0.25) is 0 Å². The summed E-state index contributed by atoms with van der Waals surface area (Å²) in [7, 11) is 1.74. The zero-order valence-electron chi connectivity index (χ0n) is 15.0. The summed E-state index contributed by atoms with van der Waals surface area (Å²) in [5.41, 5.74) is 1.77. The van der Waals surface area contributed by atoms with E-state index in [1.54, 1.807) is 11.9 Å².